The predicted molar refractivity (Wildman–Crippen MR) is 156 cm³/mol. The zero-order valence-electron chi connectivity index (χ0n) is 21.6. The number of hydrogen-bond donors (Lipinski definition) is 2. The lowest BCUT2D eigenvalue weighted by atomic mass is 10.3. The van der Waals surface area contributed by atoms with Crippen LogP contribution < -0.4 is 19.1 Å². The molecule has 0 bridgehead atoms. The molecule has 0 spiro atoms. The van der Waals surface area contributed by atoms with Gasteiger partial charge >= 0.3 is 0 Å². The molecule has 13 heteroatoms. The SMILES string of the molecule is CCOc1ccc(N(CC(=O)Nc2ccc(S(=O)(=O)Nc3cccc(Cl)c3)cc2)S(=O)(=O)c2ccc(F)cc2)cc1. The number of sulfonamides is 2. The standard InChI is InChI=1S/C28H25ClFN3O6S2/c1-2-39-25-12-10-24(11-13-25)33(41(37,38)27-14-6-21(30)7-15-27)19-28(34)31-22-8-16-26(17-9-22)40(35,36)32-23-5-3-4-20(29)18-23/h3-18,32H,2,19H2,1H3,(H,31,34). The summed E-state index contributed by atoms with van der Waals surface area (Å²) < 4.78 is 74.6. The van der Waals surface area contributed by atoms with E-state index >= 15 is 0 Å². The van der Waals surface area contributed by atoms with Crippen LogP contribution in [0.2, 0.25) is 5.02 Å². The number of halogens is 2. The Kier molecular flexibility index (Phi) is 9.16. The summed E-state index contributed by atoms with van der Waals surface area (Å²) in [5.41, 5.74) is 0.704. The van der Waals surface area contributed by atoms with E-state index in [9.17, 15) is 26.0 Å². The van der Waals surface area contributed by atoms with Crippen LogP contribution in [0.1, 0.15) is 6.92 Å². The van der Waals surface area contributed by atoms with Gasteiger partial charge in [-0.15, -0.1) is 0 Å². The van der Waals surface area contributed by atoms with Crippen LogP contribution in [0.4, 0.5) is 21.5 Å². The Balaban J connectivity index is 1.53. The minimum Gasteiger partial charge on any atom is -0.494 e. The number of anilines is 3. The van der Waals surface area contributed by atoms with E-state index in [0.717, 1.165) is 28.6 Å². The number of benzene rings is 4. The van der Waals surface area contributed by atoms with E-state index in [-0.39, 0.29) is 26.9 Å². The van der Waals surface area contributed by atoms with Crippen LogP contribution in [-0.2, 0) is 24.8 Å². The molecule has 0 saturated heterocycles. The zero-order chi connectivity index (χ0) is 29.6. The molecule has 4 aromatic rings. The molecule has 0 aliphatic carbocycles. The van der Waals surface area contributed by atoms with E-state index < -0.39 is 38.3 Å². The monoisotopic (exact) mass is 617 g/mol. The van der Waals surface area contributed by atoms with Gasteiger partial charge in [-0.25, -0.2) is 21.2 Å². The molecule has 0 heterocycles. The van der Waals surface area contributed by atoms with Crippen molar-refractivity contribution >= 4 is 54.6 Å². The van der Waals surface area contributed by atoms with Crippen LogP contribution in [0.25, 0.3) is 0 Å². The molecule has 0 fully saturated rings. The lowest BCUT2D eigenvalue weighted by molar-refractivity contribution is -0.114. The second-order valence-electron chi connectivity index (χ2n) is 8.58. The van der Waals surface area contributed by atoms with Crippen LogP contribution in [0.3, 0.4) is 0 Å². The summed E-state index contributed by atoms with van der Waals surface area (Å²) in [5, 5.41) is 2.94. The fraction of sp³-hybridized carbons (Fsp3) is 0.107. The van der Waals surface area contributed by atoms with Gasteiger partial charge in [-0.05, 0) is 97.9 Å². The molecule has 0 atom stereocenters. The molecule has 0 aromatic heterocycles. The summed E-state index contributed by atoms with van der Waals surface area (Å²) in [7, 11) is -8.21. The summed E-state index contributed by atoms with van der Waals surface area (Å²) in [4.78, 5) is 12.7. The first-order valence-corrected chi connectivity index (χ1v) is 15.5. The molecule has 41 heavy (non-hydrogen) atoms. The van der Waals surface area contributed by atoms with E-state index in [1.54, 1.807) is 37.3 Å². The molecular weight excluding hydrogens is 593 g/mol. The number of nitrogens with one attached hydrogen (secondary N) is 2. The number of ether oxygens (including phenoxy) is 1. The highest BCUT2D eigenvalue weighted by atomic mass is 35.5. The zero-order valence-corrected chi connectivity index (χ0v) is 24.0. The Bertz CT molecular complexity index is 1730. The van der Waals surface area contributed by atoms with Crippen molar-refractivity contribution in [3.8, 4) is 5.75 Å². The van der Waals surface area contributed by atoms with Crippen molar-refractivity contribution in [2.24, 2.45) is 0 Å². The molecule has 0 unspecified atom stereocenters. The van der Waals surface area contributed by atoms with Crippen LogP contribution in [0.5, 0.6) is 5.75 Å². The van der Waals surface area contributed by atoms with Crippen LogP contribution in [0.15, 0.2) is 107 Å². The van der Waals surface area contributed by atoms with E-state index in [1.807, 2.05) is 0 Å². The highest BCUT2D eigenvalue weighted by molar-refractivity contribution is 7.93. The largest absolute Gasteiger partial charge is 0.494 e. The third kappa shape index (κ3) is 7.54. The van der Waals surface area contributed by atoms with Gasteiger partial charge in [0, 0.05) is 10.7 Å². The van der Waals surface area contributed by atoms with Gasteiger partial charge in [0.2, 0.25) is 5.91 Å². The van der Waals surface area contributed by atoms with Crippen molar-refractivity contribution in [3.05, 3.63) is 108 Å². The highest BCUT2D eigenvalue weighted by Gasteiger charge is 2.27. The van der Waals surface area contributed by atoms with Gasteiger partial charge in [-0.1, -0.05) is 17.7 Å². The van der Waals surface area contributed by atoms with Crippen LogP contribution in [0, 0.1) is 5.82 Å². The molecule has 0 aliphatic heterocycles. The van der Waals surface area contributed by atoms with Crippen molar-refractivity contribution < 1.29 is 30.8 Å². The fourth-order valence-electron chi connectivity index (χ4n) is 3.74. The number of carbonyl (C=O) groups is 1. The average molecular weight is 618 g/mol. The number of carbonyl (C=O) groups excluding carboxylic acids is 1. The molecular formula is C28H25ClFN3O6S2. The van der Waals surface area contributed by atoms with Gasteiger partial charge < -0.3 is 10.1 Å². The molecule has 4 aromatic carbocycles. The molecule has 2 N–H and O–H groups in total. The van der Waals surface area contributed by atoms with Gasteiger partial charge in [0.15, 0.2) is 0 Å². The fourth-order valence-corrected chi connectivity index (χ4v) is 6.40. The van der Waals surface area contributed by atoms with E-state index in [4.69, 9.17) is 16.3 Å². The number of hydrogen-bond acceptors (Lipinski definition) is 6. The quantitative estimate of drug-likeness (QED) is 0.229. The predicted octanol–water partition coefficient (Wildman–Crippen LogP) is 5.51. The van der Waals surface area contributed by atoms with Crippen LogP contribution >= 0.6 is 11.6 Å². The number of nitrogens with zero attached hydrogens (tertiary/aromatic N) is 1. The van der Waals surface area contributed by atoms with Gasteiger partial charge in [0.05, 0.1) is 27.8 Å². The minimum atomic E-state index is -4.27. The molecule has 4 rings (SSSR count). The van der Waals surface area contributed by atoms with E-state index in [0.29, 0.717) is 17.4 Å². The van der Waals surface area contributed by atoms with Crippen molar-refractivity contribution in [3.63, 3.8) is 0 Å². The average Bonchev–Trinajstić information content (AvgIpc) is 2.93. The van der Waals surface area contributed by atoms with Gasteiger partial charge in [0.25, 0.3) is 20.0 Å². The molecule has 214 valence electrons. The smallest absolute Gasteiger partial charge is 0.264 e. The number of rotatable bonds is 11. The summed E-state index contributed by atoms with van der Waals surface area (Å²) in [6.07, 6.45) is 0. The minimum absolute atomic E-state index is 0.0645. The molecule has 0 radical (unpaired) electrons. The Morgan fingerprint density at radius 2 is 1.49 bits per heavy atom. The third-order valence-electron chi connectivity index (χ3n) is 5.65. The molecule has 0 saturated carbocycles. The Labute approximate surface area is 242 Å². The van der Waals surface area contributed by atoms with Crippen molar-refractivity contribution in [2.45, 2.75) is 16.7 Å². The maximum Gasteiger partial charge on any atom is 0.264 e. The summed E-state index contributed by atoms with van der Waals surface area (Å²) in [6.45, 7) is 1.60. The maximum atomic E-state index is 13.5. The number of amides is 1. The summed E-state index contributed by atoms with van der Waals surface area (Å²) in [6, 6.07) is 21.9. The summed E-state index contributed by atoms with van der Waals surface area (Å²) >= 11 is 5.92. The highest BCUT2D eigenvalue weighted by Crippen LogP contribution is 2.27. The van der Waals surface area contributed by atoms with Gasteiger partial charge in [0.1, 0.15) is 18.1 Å². The first-order chi connectivity index (χ1) is 19.5. The van der Waals surface area contributed by atoms with Crippen LogP contribution in [-0.4, -0.2) is 35.9 Å². The Morgan fingerprint density at radius 3 is 2.10 bits per heavy atom. The third-order valence-corrected chi connectivity index (χ3v) is 9.07. The lowest BCUT2D eigenvalue weighted by Crippen LogP contribution is -2.38. The van der Waals surface area contributed by atoms with Crippen molar-refractivity contribution in [1.82, 2.24) is 0 Å². The van der Waals surface area contributed by atoms with Crippen molar-refractivity contribution in [2.75, 3.05) is 27.5 Å². The maximum absolute atomic E-state index is 13.5. The second-order valence-corrected chi connectivity index (χ2v) is 12.6. The van der Waals surface area contributed by atoms with Crippen molar-refractivity contribution in [1.29, 1.82) is 0 Å². The normalized spacial score (nSPS) is 11.5. The first-order valence-electron chi connectivity index (χ1n) is 12.2. The molecule has 1 amide bonds. The summed E-state index contributed by atoms with van der Waals surface area (Å²) in [5.74, 6) is -0.792. The van der Waals surface area contributed by atoms with Gasteiger partial charge in [-0.2, -0.15) is 0 Å². The molecule has 0 aliphatic rings. The second kappa shape index (κ2) is 12.6. The Hall–Kier alpha value is -4.13. The van der Waals surface area contributed by atoms with E-state index in [1.165, 1.54) is 42.5 Å². The van der Waals surface area contributed by atoms with E-state index in [2.05, 4.69) is 10.0 Å². The Morgan fingerprint density at radius 1 is 0.854 bits per heavy atom. The van der Waals surface area contributed by atoms with Gasteiger partial charge in [-0.3, -0.25) is 13.8 Å². The first kappa shape index (κ1) is 29.8. The molecule has 9 nitrogen and oxygen atoms in total. The lowest BCUT2D eigenvalue weighted by Gasteiger charge is -2.24. The topological polar surface area (TPSA) is 122 Å².